The van der Waals surface area contributed by atoms with Gasteiger partial charge in [-0.05, 0) is 95.8 Å². The molecule has 1 aliphatic carbocycles. The normalized spacial score (nSPS) is 18.8. The van der Waals surface area contributed by atoms with Crippen molar-refractivity contribution in [2.24, 2.45) is 5.92 Å². The number of aliphatic hydroxyl groups is 2. The second-order valence-corrected chi connectivity index (χ2v) is 11.5. The number of carbonyl (C=O) groups is 2. The largest absolute Gasteiger partial charge is 0.493 e. The van der Waals surface area contributed by atoms with Crippen molar-refractivity contribution in [3.05, 3.63) is 29.0 Å². The Morgan fingerprint density at radius 1 is 1.18 bits per heavy atom. The minimum Gasteiger partial charge on any atom is -0.493 e. The van der Waals surface area contributed by atoms with Crippen LogP contribution in [0.4, 0.5) is 0 Å². The van der Waals surface area contributed by atoms with E-state index in [4.69, 9.17) is 13.9 Å². The lowest BCUT2D eigenvalue weighted by Gasteiger charge is -2.26. The molecule has 0 saturated heterocycles. The van der Waals surface area contributed by atoms with Crippen LogP contribution in [0.25, 0.3) is 11.0 Å². The zero-order valence-corrected chi connectivity index (χ0v) is 23.6. The summed E-state index contributed by atoms with van der Waals surface area (Å²) in [5, 5.41) is 23.1. The molecule has 1 saturated carbocycles. The number of methoxy groups -OCH3 is 1. The maximum atomic E-state index is 13.3. The van der Waals surface area contributed by atoms with E-state index >= 15 is 0 Å². The van der Waals surface area contributed by atoms with E-state index in [9.17, 15) is 19.8 Å². The molecule has 1 atom stereocenters. The molecular weight excluding hydrogens is 486 g/mol. The van der Waals surface area contributed by atoms with Gasteiger partial charge in [-0.2, -0.15) is 0 Å². The third-order valence-electron chi connectivity index (χ3n) is 7.36. The van der Waals surface area contributed by atoms with Crippen LogP contribution in [0, 0.1) is 5.92 Å². The number of fused-ring (bicyclic) bond motifs is 1. The first-order valence-electron chi connectivity index (χ1n) is 14.0. The summed E-state index contributed by atoms with van der Waals surface area (Å²) < 4.78 is 17.5. The molecule has 2 aromatic rings. The summed E-state index contributed by atoms with van der Waals surface area (Å²) in [5.41, 5.74) is 0.911. The number of nitrogens with one attached hydrogen (secondary N) is 1. The number of ether oxygens (including phenoxy) is 2. The van der Waals surface area contributed by atoms with Gasteiger partial charge < -0.3 is 29.4 Å². The highest BCUT2D eigenvalue weighted by Crippen LogP contribution is 2.36. The van der Waals surface area contributed by atoms with E-state index in [0.717, 1.165) is 44.1 Å². The summed E-state index contributed by atoms with van der Waals surface area (Å²) in [7, 11) is 1.54. The smallest absolute Gasteiger partial charge is 0.342 e. The number of benzene rings is 1. The Labute approximate surface area is 226 Å². The highest BCUT2D eigenvalue weighted by atomic mass is 16.5. The van der Waals surface area contributed by atoms with Gasteiger partial charge in [-0.1, -0.05) is 6.92 Å². The Morgan fingerprint density at radius 2 is 1.89 bits per heavy atom. The molecule has 8 heteroatoms. The molecule has 1 amide bonds. The minimum atomic E-state index is -0.703. The number of hydrogen-bond donors (Lipinski definition) is 3. The van der Waals surface area contributed by atoms with Crippen LogP contribution in [-0.4, -0.2) is 53.6 Å². The second kappa shape index (κ2) is 13.5. The van der Waals surface area contributed by atoms with E-state index in [1.165, 1.54) is 7.11 Å². The lowest BCUT2D eigenvalue weighted by atomic mass is 9.89. The number of aryl methyl sites for hydroxylation is 1. The first-order chi connectivity index (χ1) is 18.0. The molecule has 0 spiro atoms. The first-order valence-corrected chi connectivity index (χ1v) is 14.0. The van der Waals surface area contributed by atoms with Gasteiger partial charge in [-0.3, -0.25) is 4.79 Å². The summed E-state index contributed by atoms with van der Waals surface area (Å²) in [5.74, 6) is 0.999. The molecule has 1 heterocycles. The Balaban J connectivity index is 1.73. The molecule has 1 aromatic heterocycles. The van der Waals surface area contributed by atoms with Gasteiger partial charge in [0, 0.05) is 24.3 Å². The van der Waals surface area contributed by atoms with Crippen LogP contribution < -0.4 is 10.1 Å². The summed E-state index contributed by atoms with van der Waals surface area (Å²) >= 11 is 0. The molecule has 212 valence electrons. The molecule has 3 rings (SSSR count). The van der Waals surface area contributed by atoms with Crippen molar-refractivity contribution in [3.8, 4) is 5.75 Å². The van der Waals surface area contributed by atoms with Crippen molar-refractivity contribution in [3.63, 3.8) is 0 Å². The predicted octanol–water partition coefficient (Wildman–Crippen LogP) is 5.09. The van der Waals surface area contributed by atoms with Gasteiger partial charge in [0.25, 0.3) is 0 Å². The quantitative estimate of drug-likeness (QED) is 0.308. The lowest BCUT2D eigenvalue weighted by Crippen LogP contribution is -2.33. The number of amides is 1. The number of furan rings is 1. The van der Waals surface area contributed by atoms with Crippen LogP contribution in [0.1, 0.15) is 101 Å². The Morgan fingerprint density at radius 3 is 2.53 bits per heavy atom. The van der Waals surface area contributed by atoms with Crippen LogP contribution in [0.5, 0.6) is 5.75 Å². The van der Waals surface area contributed by atoms with Gasteiger partial charge >= 0.3 is 5.97 Å². The Bertz CT molecular complexity index is 1080. The lowest BCUT2D eigenvalue weighted by molar-refractivity contribution is -0.121. The highest BCUT2D eigenvalue weighted by molar-refractivity contribution is 6.06. The van der Waals surface area contributed by atoms with Crippen LogP contribution in [0.15, 0.2) is 16.5 Å². The fourth-order valence-corrected chi connectivity index (χ4v) is 5.15. The molecule has 1 fully saturated rings. The average Bonchev–Trinajstić information content (AvgIpc) is 3.21. The summed E-state index contributed by atoms with van der Waals surface area (Å²) in [6, 6.07) is 3.70. The topological polar surface area (TPSA) is 118 Å². The minimum absolute atomic E-state index is 0.0147. The van der Waals surface area contributed by atoms with E-state index in [-0.39, 0.29) is 37.5 Å². The monoisotopic (exact) mass is 531 g/mol. The van der Waals surface area contributed by atoms with E-state index in [1.807, 2.05) is 19.1 Å². The number of hydrogen-bond acceptors (Lipinski definition) is 7. The van der Waals surface area contributed by atoms with Gasteiger partial charge in [0.2, 0.25) is 5.91 Å². The summed E-state index contributed by atoms with van der Waals surface area (Å²) in [6.07, 6.45) is 6.87. The highest BCUT2D eigenvalue weighted by Gasteiger charge is 2.28. The van der Waals surface area contributed by atoms with Crippen molar-refractivity contribution in [1.82, 2.24) is 5.32 Å². The van der Waals surface area contributed by atoms with E-state index < -0.39 is 11.6 Å². The molecule has 0 bridgehead atoms. The maximum Gasteiger partial charge on any atom is 0.342 e. The van der Waals surface area contributed by atoms with Crippen molar-refractivity contribution < 1.29 is 33.7 Å². The molecule has 3 N–H and O–H groups in total. The third-order valence-corrected chi connectivity index (χ3v) is 7.36. The van der Waals surface area contributed by atoms with Gasteiger partial charge in [-0.15, -0.1) is 0 Å². The van der Waals surface area contributed by atoms with E-state index in [0.29, 0.717) is 46.8 Å². The molecule has 8 nitrogen and oxygen atoms in total. The number of rotatable bonds is 13. The van der Waals surface area contributed by atoms with Crippen molar-refractivity contribution in [1.29, 1.82) is 0 Å². The summed E-state index contributed by atoms with van der Waals surface area (Å²) in [6.45, 7) is 7.60. The van der Waals surface area contributed by atoms with E-state index in [1.54, 1.807) is 13.8 Å². The molecular formula is C30H45NO7. The summed E-state index contributed by atoms with van der Waals surface area (Å²) in [4.78, 5) is 25.9. The van der Waals surface area contributed by atoms with E-state index in [2.05, 4.69) is 12.2 Å². The van der Waals surface area contributed by atoms with Gasteiger partial charge in [0.1, 0.15) is 17.4 Å². The molecule has 0 radical (unpaired) electrons. The van der Waals surface area contributed by atoms with Crippen LogP contribution in [0.2, 0.25) is 0 Å². The Kier molecular flexibility index (Phi) is 10.6. The standard InChI is InChI=1S/C30H45NO7/c1-19-8-11-22(12-9-19)37-29(34)27-23-17-21(18-25(36-5)28(23)38-24(27)14-16-32)10-13-26(33)31-20(2)7-6-15-30(3,4)35/h17-20,22,32,35H,6-16H2,1-5H3,(H,31,33). The number of carbonyl (C=O) groups excluding carboxylic acids is 2. The zero-order chi connectivity index (χ0) is 27.9. The zero-order valence-electron chi connectivity index (χ0n) is 23.6. The fraction of sp³-hybridized carbons (Fsp3) is 0.667. The van der Waals surface area contributed by atoms with Gasteiger partial charge in [-0.25, -0.2) is 4.79 Å². The van der Waals surface area contributed by atoms with Gasteiger partial charge in [0.15, 0.2) is 11.3 Å². The predicted molar refractivity (Wildman–Crippen MR) is 146 cm³/mol. The third kappa shape index (κ3) is 8.46. The average molecular weight is 532 g/mol. The fourth-order valence-electron chi connectivity index (χ4n) is 5.15. The van der Waals surface area contributed by atoms with Crippen LogP contribution >= 0.6 is 0 Å². The van der Waals surface area contributed by atoms with Crippen molar-refractivity contribution >= 4 is 22.8 Å². The molecule has 1 unspecified atom stereocenters. The molecule has 0 aliphatic heterocycles. The van der Waals surface area contributed by atoms with Crippen molar-refractivity contribution in [2.45, 2.75) is 110 Å². The molecule has 38 heavy (non-hydrogen) atoms. The number of esters is 1. The maximum absolute atomic E-state index is 13.3. The number of aliphatic hydroxyl groups excluding tert-OH is 1. The van der Waals surface area contributed by atoms with Gasteiger partial charge in [0.05, 0.1) is 19.3 Å². The van der Waals surface area contributed by atoms with Crippen molar-refractivity contribution in [2.75, 3.05) is 13.7 Å². The Hall–Kier alpha value is -2.58. The first kappa shape index (κ1) is 30.0. The van der Waals surface area contributed by atoms with Crippen LogP contribution in [0.3, 0.4) is 0 Å². The second-order valence-electron chi connectivity index (χ2n) is 11.5. The molecule has 1 aromatic carbocycles. The molecule has 1 aliphatic rings. The SMILES string of the molecule is COc1cc(CCC(=O)NC(C)CCCC(C)(C)O)cc2c(C(=O)OC3CCC(C)CC3)c(CCO)oc12. The van der Waals surface area contributed by atoms with Crippen LogP contribution in [-0.2, 0) is 22.4 Å².